The van der Waals surface area contributed by atoms with E-state index in [4.69, 9.17) is 24.7 Å². The van der Waals surface area contributed by atoms with Gasteiger partial charge in [-0.15, -0.1) is 0 Å². The highest BCUT2D eigenvalue weighted by atomic mass is 16.7. The van der Waals surface area contributed by atoms with Gasteiger partial charge < -0.3 is 30.0 Å². The van der Waals surface area contributed by atoms with Crippen molar-refractivity contribution in [2.45, 2.75) is 26.0 Å². The first-order valence-corrected chi connectivity index (χ1v) is 11.1. The van der Waals surface area contributed by atoms with E-state index in [1.54, 1.807) is 7.11 Å². The van der Waals surface area contributed by atoms with Crippen LogP contribution in [0.25, 0.3) is 6.08 Å². The van der Waals surface area contributed by atoms with E-state index in [-0.39, 0.29) is 12.8 Å². The summed E-state index contributed by atoms with van der Waals surface area (Å²) in [5.41, 5.74) is 12.8. The van der Waals surface area contributed by atoms with Crippen LogP contribution in [-0.2, 0) is 13.0 Å². The van der Waals surface area contributed by atoms with Crippen LogP contribution in [0.15, 0.2) is 54.6 Å². The van der Waals surface area contributed by atoms with Crippen LogP contribution in [0, 0.1) is 6.92 Å². The van der Waals surface area contributed by atoms with Gasteiger partial charge >= 0.3 is 0 Å². The lowest BCUT2D eigenvalue weighted by molar-refractivity contribution is 0.174. The molecule has 0 radical (unpaired) electrons. The molecule has 0 amide bonds. The Bertz CT molecular complexity index is 1190. The molecular formula is C27H28N2O4. The highest BCUT2D eigenvalue weighted by Gasteiger charge is 2.26. The van der Waals surface area contributed by atoms with Crippen molar-refractivity contribution in [3.63, 3.8) is 0 Å². The molecule has 0 aromatic heterocycles. The Kier molecular flexibility index (Phi) is 5.84. The summed E-state index contributed by atoms with van der Waals surface area (Å²) in [6.45, 7) is 3.65. The number of nitrogens with one attached hydrogen (secondary N) is 1. The molecule has 0 saturated carbocycles. The highest BCUT2D eigenvalue weighted by molar-refractivity contribution is 5.70. The molecule has 33 heavy (non-hydrogen) atoms. The summed E-state index contributed by atoms with van der Waals surface area (Å²) in [6.07, 6.45) is 5.12. The quantitative estimate of drug-likeness (QED) is 0.533. The van der Waals surface area contributed by atoms with Crippen LogP contribution in [0.3, 0.4) is 0 Å². The monoisotopic (exact) mass is 444 g/mol. The fraction of sp³-hybridized carbons (Fsp3) is 0.259. The van der Waals surface area contributed by atoms with Gasteiger partial charge in [0.15, 0.2) is 23.0 Å². The molecule has 3 aromatic rings. The van der Waals surface area contributed by atoms with Crippen LogP contribution >= 0.6 is 0 Å². The second kappa shape index (κ2) is 9.08. The van der Waals surface area contributed by atoms with Gasteiger partial charge in [0.1, 0.15) is 6.61 Å². The van der Waals surface area contributed by atoms with Gasteiger partial charge in [-0.05, 0) is 53.8 Å². The lowest BCUT2D eigenvalue weighted by Crippen LogP contribution is -2.29. The topological polar surface area (TPSA) is 75.0 Å². The number of rotatable bonds is 6. The Hall–Kier alpha value is -3.64. The Labute approximate surface area is 193 Å². The molecule has 3 N–H and O–H groups in total. The summed E-state index contributed by atoms with van der Waals surface area (Å²) in [7, 11) is 1.63. The fourth-order valence-electron chi connectivity index (χ4n) is 4.42. The van der Waals surface area contributed by atoms with E-state index in [2.05, 4.69) is 30.5 Å². The van der Waals surface area contributed by atoms with Gasteiger partial charge in [-0.25, -0.2) is 0 Å². The number of anilines is 1. The number of nitrogens with two attached hydrogens (primary N) is 1. The van der Waals surface area contributed by atoms with Gasteiger partial charge in [-0.1, -0.05) is 42.5 Å². The van der Waals surface area contributed by atoms with Crippen molar-refractivity contribution < 1.29 is 18.9 Å². The lowest BCUT2D eigenvalue weighted by Gasteiger charge is -2.28. The fourth-order valence-corrected chi connectivity index (χ4v) is 4.42. The van der Waals surface area contributed by atoms with Gasteiger partial charge in [-0.2, -0.15) is 0 Å². The van der Waals surface area contributed by atoms with Crippen LogP contribution in [0.4, 0.5) is 5.69 Å². The van der Waals surface area contributed by atoms with Crippen molar-refractivity contribution in [2.75, 3.05) is 26.2 Å². The van der Waals surface area contributed by atoms with Crippen LogP contribution in [0.2, 0.25) is 0 Å². The molecule has 2 aliphatic rings. The van der Waals surface area contributed by atoms with Crippen molar-refractivity contribution in [1.29, 1.82) is 0 Å². The van der Waals surface area contributed by atoms with Crippen molar-refractivity contribution in [3.05, 3.63) is 82.4 Å². The minimum absolute atomic E-state index is 0.0318. The SMILES string of the molecule is COc1c(OCc2ccccc2)cc2c(c1N)C(/C=C/c1cc3c(cc1C)OCO3)NCC2. The van der Waals surface area contributed by atoms with Crippen molar-refractivity contribution in [1.82, 2.24) is 5.32 Å². The van der Waals surface area contributed by atoms with E-state index >= 15 is 0 Å². The summed E-state index contributed by atoms with van der Waals surface area (Å²) in [5, 5.41) is 3.57. The summed E-state index contributed by atoms with van der Waals surface area (Å²) in [4.78, 5) is 0. The average Bonchev–Trinajstić information content (AvgIpc) is 3.29. The summed E-state index contributed by atoms with van der Waals surface area (Å²) in [5.74, 6) is 2.82. The molecule has 170 valence electrons. The molecule has 1 unspecified atom stereocenters. The van der Waals surface area contributed by atoms with Crippen LogP contribution in [-0.4, -0.2) is 20.4 Å². The van der Waals surface area contributed by atoms with Crippen LogP contribution in [0.1, 0.15) is 33.9 Å². The number of methoxy groups -OCH3 is 1. The molecule has 0 aliphatic carbocycles. The zero-order chi connectivity index (χ0) is 22.8. The predicted octanol–water partition coefficient (Wildman–Crippen LogP) is 4.79. The standard InChI is InChI=1S/C27H28N2O4/c1-17-12-22-23(33-16-32-22)13-19(17)8-9-21-25-20(10-11-29-21)14-24(27(30-2)26(25)28)31-15-18-6-4-3-5-7-18/h3-9,12-14,21,29H,10-11,15-16,28H2,1-2H3/b9-8+. The number of benzene rings is 3. The first-order chi connectivity index (χ1) is 16.1. The molecule has 0 bridgehead atoms. The smallest absolute Gasteiger partial charge is 0.231 e. The molecule has 1 atom stereocenters. The highest BCUT2D eigenvalue weighted by Crippen LogP contribution is 2.43. The van der Waals surface area contributed by atoms with Crippen LogP contribution < -0.4 is 30.0 Å². The normalized spacial score (nSPS) is 16.6. The summed E-state index contributed by atoms with van der Waals surface area (Å²) >= 11 is 0. The summed E-state index contributed by atoms with van der Waals surface area (Å²) < 4.78 is 22.8. The number of hydrogen-bond acceptors (Lipinski definition) is 6. The molecule has 5 rings (SSSR count). The van der Waals surface area contributed by atoms with E-state index in [1.807, 2.05) is 42.5 Å². The van der Waals surface area contributed by atoms with E-state index < -0.39 is 0 Å². The lowest BCUT2D eigenvalue weighted by atomic mass is 9.91. The zero-order valence-electron chi connectivity index (χ0n) is 18.9. The third-order valence-electron chi connectivity index (χ3n) is 6.15. The zero-order valence-corrected chi connectivity index (χ0v) is 18.9. The number of aryl methyl sites for hydroxylation is 1. The van der Waals surface area contributed by atoms with Crippen LogP contribution in [0.5, 0.6) is 23.0 Å². The third-order valence-corrected chi connectivity index (χ3v) is 6.15. The van der Waals surface area contributed by atoms with Crippen molar-refractivity contribution >= 4 is 11.8 Å². The van der Waals surface area contributed by atoms with E-state index in [1.165, 1.54) is 5.56 Å². The Balaban J connectivity index is 1.43. The molecule has 3 aromatic carbocycles. The largest absolute Gasteiger partial charge is 0.491 e. The number of ether oxygens (including phenoxy) is 4. The molecule has 6 heteroatoms. The molecule has 0 spiro atoms. The van der Waals surface area contributed by atoms with Gasteiger partial charge in [0.05, 0.1) is 18.8 Å². The number of hydrogen-bond donors (Lipinski definition) is 2. The average molecular weight is 445 g/mol. The molecule has 2 aliphatic heterocycles. The Morgan fingerprint density at radius 1 is 1.12 bits per heavy atom. The molecule has 0 fully saturated rings. The second-order valence-corrected chi connectivity index (χ2v) is 8.27. The molecule has 2 heterocycles. The number of fused-ring (bicyclic) bond motifs is 2. The van der Waals surface area contributed by atoms with E-state index in [0.717, 1.165) is 46.7 Å². The Morgan fingerprint density at radius 2 is 1.91 bits per heavy atom. The van der Waals surface area contributed by atoms with E-state index in [0.29, 0.717) is 23.8 Å². The van der Waals surface area contributed by atoms with E-state index in [9.17, 15) is 0 Å². The predicted molar refractivity (Wildman–Crippen MR) is 129 cm³/mol. The molecule has 6 nitrogen and oxygen atoms in total. The minimum atomic E-state index is -0.0318. The van der Waals surface area contributed by atoms with Gasteiger partial charge in [-0.3, -0.25) is 0 Å². The molecular weight excluding hydrogens is 416 g/mol. The molecule has 0 saturated heterocycles. The second-order valence-electron chi connectivity index (χ2n) is 8.27. The maximum atomic E-state index is 6.63. The minimum Gasteiger partial charge on any atom is -0.491 e. The van der Waals surface area contributed by atoms with Gasteiger partial charge in [0, 0.05) is 12.1 Å². The Morgan fingerprint density at radius 3 is 2.70 bits per heavy atom. The summed E-state index contributed by atoms with van der Waals surface area (Å²) in [6, 6.07) is 16.1. The van der Waals surface area contributed by atoms with Gasteiger partial charge in [0.2, 0.25) is 6.79 Å². The third kappa shape index (κ3) is 4.22. The first kappa shape index (κ1) is 21.2. The van der Waals surface area contributed by atoms with Gasteiger partial charge in [0.25, 0.3) is 0 Å². The maximum absolute atomic E-state index is 6.63. The van der Waals surface area contributed by atoms with Crippen molar-refractivity contribution in [3.8, 4) is 23.0 Å². The first-order valence-electron chi connectivity index (χ1n) is 11.1. The van der Waals surface area contributed by atoms with Crippen molar-refractivity contribution in [2.24, 2.45) is 0 Å². The number of nitrogen functional groups attached to an aromatic ring is 1. The maximum Gasteiger partial charge on any atom is 0.231 e.